The Morgan fingerprint density at radius 3 is 2.43 bits per heavy atom. The topological polar surface area (TPSA) is 52.6 Å². The molecule has 0 N–H and O–H groups in total. The van der Waals surface area contributed by atoms with E-state index in [9.17, 15) is 9.59 Å². The Balaban J connectivity index is 3.86. The Morgan fingerprint density at radius 1 is 1.43 bits per heavy atom. The van der Waals surface area contributed by atoms with Crippen LogP contribution in [-0.4, -0.2) is 24.1 Å². The lowest BCUT2D eigenvalue weighted by Gasteiger charge is -2.13. The lowest BCUT2D eigenvalue weighted by molar-refractivity contribution is -0.181. The molecule has 0 aromatic carbocycles. The molecular weight excluding hydrogens is 208 g/mol. The van der Waals surface area contributed by atoms with Crippen molar-refractivity contribution in [3.8, 4) is 0 Å². The standard InChI is InChI=1S/C9H13ClO4/c1-6(2)9(12)14-7(3)13-8(11)4-5-10/h7H,1,4-5H2,2-3H3. The van der Waals surface area contributed by atoms with Crippen molar-refractivity contribution in [2.24, 2.45) is 0 Å². The highest BCUT2D eigenvalue weighted by molar-refractivity contribution is 6.18. The van der Waals surface area contributed by atoms with Crippen LogP contribution in [0.5, 0.6) is 0 Å². The number of rotatable bonds is 5. The van der Waals surface area contributed by atoms with Crippen molar-refractivity contribution in [1.29, 1.82) is 0 Å². The summed E-state index contributed by atoms with van der Waals surface area (Å²) in [5, 5.41) is 0. The molecule has 0 fully saturated rings. The van der Waals surface area contributed by atoms with E-state index in [4.69, 9.17) is 21.1 Å². The maximum Gasteiger partial charge on any atom is 0.336 e. The van der Waals surface area contributed by atoms with E-state index in [1.54, 1.807) is 0 Å². The normalized spacial score (nSPS) is 11.6. The number of hydrogen-bond acceptors (Lipinski definition) is 4. The van der Waals surface area contributed by atoms with Crippen molar-refractivity contribution in [2.45, 2.75) is 26.6 Å². The van der Waals surface area contributed by atoms with Crippen LogP contribution in [0, 0.1) is 0 Å². The van der Waals surface area contributed by atoms with Crippen molar-refractivity contribution in [1.82, 2.24) is 0 Å². The highest BCUT2D eigenvalue weighted by Crippen LogP contribution is 2.01. The summed E-state index contributed by atoms with van der Waals surface area (Å²) in [5.74, 6) is -0.904. The third kappa shape index (κ3) is 5.59. The van der Waals surface area contributed by atoms with Crippen LogP contribution in [0.1, 0.15) is 20.3 Å². The van der Waals surface area contributed by atoms with Crippen molar-refractivity contribution in [3.63, 3.8) is 0 Å². The van der Waals surface area contributed by atoms with Crippen molar-refractivity contribution in [3.05, 3.63) is 12.2 Å². The third-order valence-corrected chi connectivity index (χ3v) is 1.41. The number of halogens is 1. The smallest absolute Gasteiger partial charge is 0.336 e. The molecule has 0 aromatic heterocycles. The number of carbonyl (C=O) groups excluding carboxylic acids is 2. The summed E-state index contributed by atoms with van der Waals surface area (Å²) in [4.78, 5) is 21.8. The van der Waals surface area contributed by atoms with Gasteiger partial charge in [0.05, 0.1) is 6.42 Å². The fraction of sp³-hybridized carbons (Fsp3) is 0.556. The molecule has 0 bridgehead atoms. The van der Waals surface area contributed by atoms with Crippen LogP contribution in [0.2, 0.25) is 0 Å². The van der Waals surface area contributed by atoms with E-state index >= 15 is 0 Å². The quantitative estimate of drug-likeness (QED) is 0.306. The van der Waals surface area contributed by atoms with Gasteiger partial charge in [0.25, 0.3) is 0 Å². The van der Waals surface area contributed by atoms with Gasteiger partial charge in [-0.15, -0.1) is 11.6 Å². The number of esters is 2. The van der Waals surface area contributed by atoms with Crippen LogP contribution in [0.25, 0.3) is 0 Å². The Labute approximate surface area is 87.8 Å². The first-order chi connectivity index (χ1) is 6.47. The zero-order valence-corrected chi connectivity index (χ0v) is 8.97. The fourth-order valence-electron chi connectivity index (χ4n) is 0.597. The number of hydrogen-bond donors (Lipinski definition) is 0. The van der Waals surface area contributed by atoms with Crippen LogP contribution in [0.4, 0.5) is 0 Å². The molecule has 4 nitrogen and oxygen atoms in total. The lowest BCUT2D eigenvalue weighted by atomic mass is 10.4. The molecule has 0 aliphatic carbocycles. The Kier molecular flexibility index (Phi) is 5.95. The SMILES string of the molecule is C=C(C)C(=O)OC(C)OC(=O)CCCl. The summed E-state index contributed by atoms with van der Waals surface area (Å²) < 4.78 is 9.41. The van der Waals surface area contributed by atoms with Crippen LogP contribution < -0.4 is 0 Å². The van der Waals surface area contributed by atoms with E-state index in [2.05, 4.69) is 6.58 Å². The lowest BCUT2D eigenvalue weighted by Crippen LogP contribution is -2.22. The maximum atomic E-state index is 11.0. The van der Waals surface area contributed by atoms with Gasteiger partial charge in [0.15, 0.2) is 0 Å². The largest absolute Gasteiger partial charge is 0.425 e. The molecule has 1 atom stereocenters. The van der Waals surface area contributed by atoms with Gasteiger partial charge in [0.2, 0.25) is 6.29 Å². The molecule has 0 radical (unpaired) electrons. The van der Waals surface area contributed by atoms with E-state index in [0.29, 0.717) is 0 Å². The second-order valence-corrected chi connectivity index (χ2v) is 3.06. The molecule has 0 amide bonds. The molecular formula is C9H13ClO4. The molecule has 5 heteroatoms. The van der Waals surface area contributed by atoms with Gasteiger partial charge in [-0.25, -0.2) is 4.79 Å². The average molecular weight is 221 g/mol. The van der Waals surface area contributed by atoms with E-state index in [-0.39, 0.29) is 17.9 Å². The van der Waals surface area contributed by atoms with Gasteiger partial charge in [-0.2, -0.15) is 0 Å². The summed E-state index contributed by atoms with van der Waals surface area (Å²) in [6.45, 7) is 6.35. The number of alkyl halides is 1. The van der Waals surface area contributed by atoms with Gasteiger partial charge >= 0.3 is 11.9 Å². The van der Waals surface area contributed by atoms with Crippen molar-refractivity contribution < 1.29 is 19.1 Å². The molecule has 1 unspecified atom stereocenters. The monoisotopic (exact) mass is 220 g/mol. The minimum absolute atomic E-state index is 0.0938. The Morgan fingerprint density at radius 2 is 2.00 bits per heavy atom. The highest BCUT2D eigenvalue weighted by Gasteiger charge is 2.13. The van der Waals surface area contributed by atoms with Crippen LogP contribution >= 0.6 is 11.6 Å². The van der Waals surface area contributed by atoms with E-state index in [1.165, 1.54) is 13.8 Å². The first-order valence-corrected chi connectivity index (χ1v) is 4.62. The zero-order chi connectivity index (χ0) is 11.1. The van der Waals surface area contributed by atoms with E-state index < -0.39 is 18.2 Å². The molecule has 0 aliphatic heterocycles. The first-order valence-electron chi connectivity index (χ1n) is 4.09. The van der Waals surface area contributed by atoms with Crippen LogP contribution in [-0.2, 0) is 19.1 Å². The van der Waals surface area contributed by atoms with Gasteiger partial charge in [0.1, 0.15) is 0 Å². The first kappa shape index (κ1) is 13.0. The molecule has 0 saturated heterocycles. The zero-order valence-electron chi connectivity index (χ0n) is 8.21. The van der Waals surface area contributed by atoms with Gasteiger partial charge in [-0.05, 0) is 6.92 Å². The molecule has 0 saturated carbocycles. The summed E-state index contributed by atoms with van der Waals surface area (Å²) in [6.07, 6.45) is -0.814. The summed E-state index contributed by atoms with van der Waals surface area (Å²) >= 11 is 5.31. The van der Waals surface area contributed by atoms with E-state index in [0.717, 1.165) is 0 Å². The number of carbonyl (C=O) groups is 2. The van der Waals surface area contributed by atoms with Gasteiger partial charge < -0.3 is 9.47 Å². The second kappa shape index (κ2) is 6.43. The van der Waals surface area contributed by atoms with E-state index in [1.807, 2.05) is 0 Å². The minimum atomic E-state index is -0.907. The number of ether oxygens (including phenoxy) is 2. The molecule has 0 aliphatic rings. The fourth-order valence-corrected chi connectivity index (χ4v) is 0.751. The molecule has 14 heavy (non-hydrogen) atoms. The van der Waals surface area contributed by atoms with Gasteiger partial charge in [-0.1, -0.05) is 6.58 Å². The molecule has 0 rings (SSSR count). The second-order valence-electron chi connectivity index (χ2n) is 2.68. The van der Waals surface area contributed by atoms with Crippen molar-refractivity contribution >= 4 is 23.5 Å². The summed E-state index contributed by atoms with van der Waals surface area (Å²) in [6, 6.07) is 0. The third-order valence-electron chi connectivity index (χ3n) is 1.22. The van der Waals surface area contributed by atoms with Crippen LogP contribution in [0.3, 0.4) is 0 Å². The maximum absolute atomic E-state index is 11.0. The molecule has 0 spiro atoms. The summed E-state index contributed by atoms with van der Waals surface area (Å²) in [5.41, 5.74) is 0.255. The predicted molar refractivity (Wildman–Crippen MR) is 51.8 cm³/mol. The van der Waals surface area contributed by atoms with Gasteiger partial charge in [0, 0.05) is 18.4 Å². The van der Waals surface area contributed by atoms with Gasteiger partial charge in [-0.3, -0.25) is 4.79 Å². The molecule has 80 valence electrons. The minimum Gasteiger partial charge on any atom is -0.425 e. The van der Waals surface area contributed by atoms with Crippen molar-refractivity contribution in [2.75, 3.05) is 5.88 Å². The highest BCUT2D eigenvalue weighted by atomic mass is 35.5. The molecule has 0 aromatic rings. The van der Waals surface area contributed by atoms with Crippen LogP contribution in [0.15, 0.2) is 12.2 Å². The Bertz CT molecular complexity index is 237. The summed E-state index contributed by atoms with van der Waals surface area (Å²) in [7, 11) is 0. The molecule has 0 heterocycles. The predicted octanol–water partition coefficient (Wildman–Crippen LogP) is 1.62. The Hall–Kier alpha value is -1.03. The average Bonchev–Trinajstić information content (AvgIpc) is 2.03.